The van der Waals surface area contributed by atoms with Crippen LogP contribution in [0.5, 0.6) is 11.6 Å². The fourth-order valence-electron chi connectivity index (χ4n) is 1.77. The van der Waals surface area contributed by atoms with Gasteiger partial charge in [0.15, 0.2) is 0 Å². The van der Waals surface area contributed by atoms with Crippen LogP contribution < -0.4 is 10.5 Å². The molecule has 106 valence electrons. The van der Waals surface area contributed by atoms with Gasteiger partial charge in [0.25, 0.3) is 0 Å². The predicted molar refractivity (Wildman–Crippen MR) is 84.1 cm³/mol. The molecule has 1 heterocycles. The second kappa shape index (κ2) is 5.40. The third-order valence-corrected chi connectivity index (χ3v) is 3.52. The number of rotatable bonds is 2. The van der Waals surface area contributed by atoms with Crippen molar-refractivity contribution in [3.63, 3.8) is 0 Å². The van der Waals surface area contributed by atoms with Crippen molar-refractivity contribution in [2.24, 2.45) is 0 Å². The summed E-state index contributed by atoms with van der Waals surface area (Å²) in [5.74, 6) is 1.37. The first kappa shape index (κ1) is 14.8. The molecule has 0 aliphatic rings. The van der Waals surface area contributed by atoms with Crippen LogP contribution >= 0.6 is 15.9 Å². The van der Waals surface area contributed by atoms with Crippen molar-refractivity contribution in [3.05, 3.63) is 40.0 Å². The SMILES string of the molecule is Cc1cc(C(C)(C)C)ccc1Oc1nc(N)ncc1Br. The van der Waals surface area contributed by atoms with Gasteiger partial charge in [0.2, 0.25) is 11.8 Å². The molecule has 4 nitrogen and oxygen atoms in total. The van der Waals surface area contributed by atoms with Gasteiger partial charge in [-0.05, 0) is 45.5 Å². The van der Waals surface area contributed by atoms with E-state index < -0.39 is 0 Å². The highest BCUT2D eigenvalue weighted by Crippen LogP contribution is 2.32. The number of halogens is 1. The Morgan fingerprint density at radius 3 is 2.55 bits per heavy atom. The number of benzene rings is 1. The first-order valence-electron chi connectivity index (χ1n) is 6.34. The number of anilines is 1. The standard InChI is InChI=1S/C15H18BrN3O/c1-9-7-10(15(2,3)4)5-6-12(9)20-13-11(16)8-18-14(17)19-13/h5-8H,1-4H3,(H2,17,18,19). The molecule has 5 heteroatoms. The lowest BCUT2D eigenvalue weighted by Crippen LogP contribution is -2.11. The van der Waals surface area contributed by atoms with E-state index in [1.54, 1.807) is 6.20 Å². The predicted octanol–water partition coefficient (Wildman–Crippen LogP) is 4.22. The summed E-state index contributed by atoms with van der Waals surface area (Å²) in [4.78, 5) is 7.97. The van der Waals surface area contributed by atoms with Gasteiger partial charge in [-0.25, -0.2) is 4.98 Å². The Morgan fingerprint density at radius 1 is 1.25 bits per heavy atom. The topological polar surface area (TPSA) is 61.0 Å². The van der Waals surface area contributed by atoms with Crippen molar-refractivity contribution in [1.29, 1.82) is 0 Å². The van der Waals surface area contributed by atoms with Gasteiger partial charge in [-0.2, -0.15) is 4.98 Å². The molecular formula is C15H18BrN3O. The van der Waals surface area contributed by atoms with Crippen LogP contribution in [0.25, 0.3) is 0 Å². The molecule has 0 unspecified atom stereocenters. The van der Waals surface area contributed by atoms with E-state index in [1.165, 1.54) is 5.56 Å². The van der Waals surface area contributed by atoms with Crippen LogP contribution in [0, 0.1) is 6.92 Å². The smallest absolute Gasteiger partial charge is 0.238 e. The fraction of sp³-hybridized carbons (Fsp3) is 0.333. The molecule has 0 saturated carbocycles. The van der Waals surface area contributed by atoms with Gasteiger partial charge in [-0.15, -0.1) is 0 Å². The van der Waals surface area contributed by atoms with Gasteiger partial charge >= 0.3 is 0 Å². The van der Waals surface area contributed by atoms with Gasteiger partial charge in [-0.1, -0.05) is 32.9 Å². The van der Waals surface area contributed by atoms with E-state index in [-0.39, 0.29) is 11.4 Å². The molecule has 20 heavy (non-hydrogen) atoms. The van der Waals surface area contributed by atoms with Gasteiger partial charge in [0, 0.05) is 0 Å². The number of nitrogen functional groups attached to an aromatic ring is 1. The summed E-state index contributed by atoms with van der Waals surface area (Å²) >= 11 is 3.35. The van der Waals surface area contributed by atoms with Crippen molar-refractivity contribution < 1.29 is 4.74 Å². The average Bonchev–Trinajstić information content (AvgIpc) is 2.35. The van der Waals surface area contributed by atoms with Crippen LogP contribution in [0.4, 0.5) is 5.95 Å². The molecule has 0 radical (unpaired) electrons. The number of nitrogens with two attached hydrogens (primary N) is 1. The highest BCUT2D eigenvalue weighted by molar-refractivity contribution is 9.10. The zero-order valence-electron chi connectivity index (χ0n) is 12.1. The Kier molecular flexibility index (Phi) is 3.99. The number of nitrogens with zero attached hydrogens (tertiary/aromatic N) is 2. The lowest BCUT2D eigenvalue weighted by atomic mass is 9.86. The fourth-order valence-corrected chi connectivity index (χ4v) is 2.04. The van der Waals surface area contributed by atoms with Crippen molar-refractivity contribution in [2.75, 3.05) is 5.73 Å². The first-order valence-corrected chi connectivity index (χ1v) is 7.13. The molecule has 0 aliphatic heterocycles. The Balaban J connectivity index is 2.33. The monoisotopic (exact) mass is 335 g/mol. The third kappa shape index (κ3) is 3.28. The highest BCUT2D eigenvalue weighted by Gasteiger charge is 2.15. The van der Waals surface area contributed by atoms with Gasteiger partial charge in [0.05, 0.1) is 10.7 Å². The van der Waals surface area contributed by atoms with E-state index in [2.05, 4.69) is 58.8 Å². The summed E-state index contributed by atoms with van der Waals surface area (Å²) in [5, 5.41) is 0. The lowest BCUT2D eigenvalue weighted by molar-refractivity contribution is 0.455. The minimum atomic E-state index is 0.114. The van der Waals surface area contributed by atoms with Crippen molar-refractivity contribution in [3.8, 4) is 11.6 Å². The minimum absolute atomic E-state index is 0.114. The Labute approximate surface area is 127 Å². The van der Waals surface area contributed by atoms with E-state index in [0.29, 0.717) is 10.4 Å². The second-order valence-electron chi connectivity index (χ2n) is 5.71. The Morgan fingerprint density at radius 2 is 1.95 bits per heavy atom. The molecule has 0 atom stereocenters. The van der Waals surface area contributed by atoms with Crippen molar-refractivity contribution >= 4 is 21.9 Å². The van der Waals surface area contributed by atoms with Crippen LogP contribution in [-0.4, -0.2) is 9.97 Å². The zero-order chi connectivity index (χ0) is 14.9. The van der Waals surface area contributed by atoms with E-state index >= 15 is 0 Å². The van der Waals surface area contributed by atoms with Gasteiger partial charge in [0.1, 0.15) is 5.75 Å². The largest absolute Gasteiger partial charge is 0.437 e. The molecular weight excluding hydrogens is 318 g/mol. The molecule has 1 aromatic heterocycles. The summed E-state index contributed by atoms with van der Waals surface area (Å²) in [6, 6.07) is 6.16. The number of aromatic nitrogens is 2. The van der Waals surface area contributed by atoms with Crippen LogP contribution in [0.1, 0.15) is 31.9 Å². The first-order chi connectivity index (χ1) is 9.27. The quantitative estimate of drug-likeness (QED) is 0.892. The maximum absolute atomic E-state index is 5.81. The summed E-state index contributed by atoms with van der Waals surface area (Å²) in [7, 11) is 0. The molecule has 2 aromatic rings. The summed E-state index contributed by atoms with van der Waals surface area (Å²) in [6.45, 7) is 8.57. The van der Waals surface area contributed by atoms with Crippen LogP contribution in [-0.2, 0) is 5.41 Å². The normalized spacial score (nSPS) is 11.4. The molecule has 0 spiro atoms. The van der Waals surface area contributed by atoms with E-state index in [4.69, 9.17) is 10.5 Å². The molecule has 0 aliphatic carbocycles. The molecule has 0 fully saturated rings. The molecule has 2 N–H and O–H groups in total. The summed E-state index contributed by atoms with van der Waals surface area (Å²) in [6.07, 6.45) is 1.58. The number of hydrogen-bond acceptors (Lipinski definition) is 4. The van der Waals surface area contributed by atoms with Crippen molar-refractivity contribution in [2.45, 2.75) is 33.1 Å². The van der Waals surface area contributed by atoms with Crippen molar-refractivity contribution in [1.82, 2.24) is 9.97 Å². The van der Waals surface area contributed by atoms with Crippen LogP contribution in [0.15, 0.2) is 28.9 Å². The van der Waals surface area contributed by atoms with Gasteiger partial charge < -0.3 is 10.5 Å². The number of ether oxygens (including phenoxy) is 1. The van der Waals surface area contributed by atoms with E-state index in [0.717, 1.165) is 11.3 Å². The lowest BCUT2D eigenvalue weighted by Gasteiger charge is -2.20. The van der Waals surface area contributed by atoms with Gasteiger partial charge in [-0.3, -0.25) is 0 Å². The number of aryl methyl sites for hydroxylation is 1. The molecule has 2 rings (SSSR count). The molecule has 0 bridgehead atoms. The zero-order valence-corrected chi connectivity index (χ0v) is 13.7. The Bertz CT molecular complexity index is 636. The van der Waals surface area contributed by atoms with E-state index in [9.17, 15) is 0 Å². The average molecular weight is 336 g/mol. The maximum atomic E-state index is 5.81. The summed E-state index contributed by atoms with van der Waals surface area (Å²) in [5.41, 5.74) is 8.02. The van der Waals surface area contributed by atoms with E-state index in [1.807, 2.05) is 13.0 Å². The molecule has 0 amide bonds. The highest BCUT2D eigenvalue weighted by atomic mass is 79.9. The molecule has 0 saturated heterocycles. The van der Waals surface area contributed by atoms with Crippen LogP contribution in [0.3, 0.4) is 0 Å². The molecule has 1 aromatic carbocycles. The minimum Gasteiger partial charge on any atom is -0.437 e. The second-order valence-corrected chi connectivity index (χ2v) is 6.57. The maximum Gasteiger partial charge on any atom is 0.238 e. The third-order valence-electron chi connectivity index (χ3n) is 2.98. The summed E-state index contributed by atoms with van der Waals surface area (Å²) < 4.78 is 6.48. The number of hydrogen-bond donors (Lipinski definition) is 1. The Hall–Kier alpha value is -1.62. The van der Waals surface area contributed by atoms with Crippen LogP contribution in [0.2, 0.25) is 0 Å².